The van der Waals surface area contributed by atoms with Crippen LogP contribution in [0.1, 0.15) is 46.0 Å². The second-order valence-corrected chi connectivity index (χ2v) is 6.65. The molecule has 1 aliphatic heterocycles. The van der Waals surface area contributed by atoms with Crippen molar-refractivity contribution in [3.05, 3.63) is 12.2 Å². The molecule has 1 fully saturated rings. The predicted molar refractivity (Wildman–Crippen MR) is 94.8 cm³/mol. The number of methoxy groups -OCH3 is 1. The van der Waals surface area contributed by atoms with E-state index in [1.165, 1.54) is 7.11 Å². The van der Waals surface area contributed by atoms with Gasteiger partial charge in [0.1, 0.15) is 6.04 Å². The molecule has 1 unspecified atom stereocenters. The van der Waals surface area contributed by atoms with Gasteiger partial charge in [0, 0.05) is 20.1 Å². The van der Waals surface area contributed by atoms with E-state index in [0.717, 1.165) is 19.3 Å². The molecule has 7 nitrogen and oxygen atoms in total. The highest BCUT2D eigenvalue weighted by molar-refractivity contribution is 5.89. The third-order valence-corrected chi connectivity index (χ3v) is 4.50. The Kier molecular flexibility index (Phi) is 9.70. The van der Waals surface area contributed by atoms with Gasteiger partial charge in [-0.2, -0.15) is 0 Å². The molecule has 0 aromatic heterocycles. The zero-order valence-corrected chi connectivity index (χ0v) is 15.4. The molecule has 1 saturated heterocycles. The number of ether oxygens (including phenoxy) is 1. The van der Waals surface area contributed by atoms with Crippen LogP contribution < -0.4 is 10.6 Å². The van der Waals surface area contributed by atoms with E-state index in [2.05, 4.69) is 10.6 Å². The number of carbonyl (C=O) groups is 2. The SMILES string of the molecule is CCC(C)/C=C/[C@@H](O)C[C@@H](O)[C@@H](OC)C(=O)N[C@H]1CCCCNC1=O. The summed E-state index contributed by atoms with van der Waals surface area (Å²) in [6.45, 7) is 4.68. The van der Waals surface area contributed by atoms with Crippen molar-refractivity contribution in [2.45, 2.75) is 70.3 Å². The van der Waals surface area contributed by atoms with Crippen molar-refractivity contribution in [3.63, 3.8) is 0 Å². The molecule has 0 bridgehead atoms. The summed E-state index contributed by atoms with van der Waals surface area (Å²) in [5.74, 6) is -0.427. The largest absolute Gasteiger partial charge is 0.390 e. The van der Waals surface area contributed by atoms with Crippen molar-refractivity contribution in [3.8, 4) is 0 Å². The van der Waals surface area contributed by atoms with Gasteiger partial charge in [0.25, 0.3) is 5.91 Å². The lowest BCUT2D eigenvalue weighted by atomic mass is 10.0. The van der Waals surface area contributed by atoms with Crippen LogP contribution in [0.15, 0.2) is 12.2 Å². The summed E-state index contributed by atoms with van der Waals surface area (Å²) < 4.78 is 5.10. The summed E-state index contributed by atoms with van der Waals surface area (Å²) >= 11 is 0. The Balaban J connectivity index is 2.58. The van der Waals surface area contributed by atoms with Crippen LogP contribution >= 0.6 is 0 Å². The fraction of sp³-hybridized carbons (Fsp3) is 0.778. The van der Waals surface area contributed by atoms with Gasteiger partial charge in [0.15, 0.2) is 6.10 Å². The third kappa shape index (κ3) is 7.54. The quantitative estimate of drug-likeness (QED) is 0.450. The summed E-state index contributed by atoms with van der Waals surface area (Å²) in [5, 5.41) is 25.6. The van der Waals surface area contributed by atoms with Gasteiger partial charge in [-0.15, -0.1) is 0 Å². The Morgan fingerprint density at radius 1 is 1.40 bits per heavy atom. The predicted octanol–water partition coefficient (Wildman–Crippen LogP) is 0.501. The summed E-state index contributed by atoms with van der Waals surface area (Å²) in [4.78, 5) is 24.3. The molecule has 1 aliphatic rings. The average molecular weight is 356 g/mol. The molecule has 7 heteroatoms. The number of rotatable bonds is 9. The molecular weight excluding hydrogens is 324 g/mol. The fourth-order valence-corrected chi connectivity index (χ4v) is 2.67. The third-order valence-electron chi connectivity index (χ3n) is 4.50. The second-order valence-electron chi connectivity index (χ2n) is 6.65. The van der Waals surface area contributed by atoms with Gasteiger partial charge in [-0.1, -0.05) is 32.4 Å². The van der Waals surface area contributed by atoms with E-state index >= 15 is 0 Å². The van der Waals surface area contributed by atoms with Gasteiger partial charge in [-0.25, -0.2) is 0 Å². The summed E-state index contributed by atoms with van der Waals surface area (Å²) in [5.41, 5.74) is 0. The summed E-state index contributed by atoms with van der Waals surface area (Å²) in [6, 6.07) is -0.616. The van der Waals surface area contributed by atoms with Crippen molar-refractivity contribution >= 4 is 11.8 Å². The maximum atomic E-state index is 12.4. The molecule has 0 radical (unpaired) electrons. The normalized spacial score (nSPS) is 23.4. The monoisotopic (exact) mass is 356 g/mol. The topological polar surface area (TPSA) is 108 Å². The van der Waals surface area contributed by atoms with E-state index in [-0.39, 0.29) is 12.3 Å². The van der Waals surface area contributed by atoms with Gasteiger partial charge < -0.3 is 25.6 Å². The minimum Gasteiger partial charge on any atom is -0.390 e. The average Bonchev–Trinajstić information content (AvgIpc) is 2.78. The molecule has 0 saturated carbocycles. The van der Waals surface area contributed by atoms with Crippen LogP contribution in [-0.4, -0.2) is 60.0 Å². The molecule has 0 spiro atoms. The molecule has 1 heterocycles. The van der Waals surface area contributed by atoms with Crippen molar-refractivity contribution < 1.29 is 24.5 Å². The second kappa shape index (κ2) is 11.2. The smallest absolute Gasteiger partial charge is 0.252 e. The molecule has 144 valence electrons. The van der Waals surface area contributed by atoms with Crippen LogP contribution in [-0.2, 0) is 14.3 Å². The Labute approximate surface area is 149 Å². The maximum absolute atomic E-state index is 12.4. The molecule has 4 N–H and O–H groups in total. The number of hydrogen-bond acceptors (Lipinski definition) is 5. The lowest BCUT2D eigenvalue weighted by Gasteiger charge is -2.24. The van der Waals surface area contributed by atoms with Crippen LogP contribution in [0.4, 0.5) is 0 Å². The van der Waals surface area contributed by atoms with E-state index in [1.807, 2.05) is 19.9 Å². The number of aliphatic hydroxyl groups excluding tert-OH is 2. The summed E-state index contributed by atoms with van der Waals surface area (Å²) in [6.07, 6.45) is 3.55. The van der Waals surface area contributed by atoms with E-state index in [1.54, 1.807) is 6.08 Å². The van der Waals surface area contributed by atoms with Crippen molar-refractivity contribution in [2.75, 3.05) is 13.7 Å². The van der Waals surface area contributed by atoms with E-state index < -0.39 is 30.3 Å². The van der Waals surface area contributed by atoms with E-state index in [0.29, 0.717) is 18.9 Å². The minimum atomic E-state index is -1.17. The molecule has 0 aromatic rings. The van der Waals surface area contributed by atoms with Gasteiger partial charge in [-0.3, -0.25) is 9.59 Å². The highest BCUT2D eigenvalue weighted by Crippen LogP contribution is 2.12. The van der Waals surface area contributed by atoms with Gasteiger partial charge in [-0.05, 0) is 25.2 Å². The lowest BCUT2D eigenvalue weighted by Crippen LogP contribution is -2.52. The molecule has 1 rings (SSSR count). The fourth-order valence-electron chi connectivity index (χ4n) is 2.67. The van der Waals surface area contributed by atoms with Crippen molar-refractivity contribution in [1.29, 1.82) is 0 Å². The summed E-state index contributed by atoms with van der Waals surface area (Å²) in [7, 11) is 1.32. The molecule has 0 aliphatic carbocycles. The Hall–Kier alpha value is -1.44. The molecular formula is C18H32N2O5. The number of amides is 2. The highest BCUT2D eigenvalue weighted by Gasteiger charge is 2.31. The number of carbonyl (C=O) groups excluding carboxylic acids is 2. The van der Waals surface area contributed by atoms with Gasteiger partial charge in [0.05, 0.1) is 12.2 Å². The number of hydrogen-bond donors (Lipinski definition) is 4. The first-order chi connectivity index (χ1) is 11.9. The molecule has 0 aromatic carbocycles. The highest BCUT2D eigenvalue weighted by atomic mass is 16.5. The number of nitrogens with one attached hydrogen (secondary N) is 2. The Bertz CT molecular complexity index is 455. The van der Waals surface area contributed by atoms with Crippen LogP contribution in [0.25, 0.3) is 0 Å². The van der Waals surface area contributed by atoms with Gasteiger partial charge >= 0.3 is 0 Å². The Morgan fingerprint density at radius 3 is 2.76 bits per heavy atom. The van der Waals surface area contributed by atoms with E-state index in [9.17, 15) is 19.8 Å². The van der Waals surface area contributed by atoms with Crippen molar-refractivity contribution in [1.82, 2.24) is 10.6 Å². The zero-order chi connectivity index (χ0) is 18.8. The minimum absolute atomic E-state index is 0.0181. The van der Waals surface area contributed by atoms with Gasteiger partial charge in [0.2, 0.25) is 5.91 Å². The number of allylic oxidation sites excluding steroid dienone is 1. The molecule has 25 heavy (non-hydrogen) atoms. The first-order valence-electron chi connectivity index (χ1n) is 9.04. The van der Waals surface area contributed by atoms with Crippen molar-refractivity contribution in [2.24, 2.45) is 5.92 Å². The van der Waals surface area contributed by atoms with E-state index in [4.69, 9.17) is 4.74 Å². The number of aliphatic hydroxyl groups is 2. The lowest BCUT2D eigenvalue weighted by molar-refractivity contribution is -0.141. The van der Waals surface area contributed by atoms with Crippen LogP contribution in [0.2, 0.25) is 0 Å². The Morgan fingerprint density at radius 2 is 2.12 bits per heavy atom. The van der Waals surface area contributed by atoms with Crippen LogP contribution in [0.5, 0.6) is 0 Å². The standard InChI is InChI=1S/C18H32N2O5/c1-4-12(2)8-9-13(21)11-15(22)16(25-3)18(24)20-14-7-5-6-10-19-17(14)23/h8-9,12-16,21-22H,4-7,10-11H2,1-3H3,(H,19,23)(H,20,24)/b9-8+/t12?,13-,14+,15-,16-/m1/s1. The molecule has 5 atom stereocenters. The zero-order valence-electron chi connectivity index (χ0n) is 15.4. The van der Waals surface area contributed by atoms with Crippen LogP contribution in [0, 0.1) is 5.92 Å². The first kappa shape index (κ1) is 21.6. The van der Waals surface area contributed by atoms with Crippen LogP contribution in [0.3, 0.4) is 0 Å². The first-order valence-corrected chi connectivity index (χ1v) is 9.04. The maximum Gasteiger partial charge on any atom is 0.252 e. The molecule has 2 amide bonds.